The number of piperidine rings is 1. The van der Waals surface area contributed by atoms with E-state index >= 15 is 0 Å². The normalized spacial score (nSPS) is 15.6. The van der Waals surface area contributed by atoms with Crippen molar-refractivity contribution in [3.05, 3.63) is 41.9 Å². The number of hydrogen-bond acceptors (Lipinski definition) is 6. The van der Waals surface area contributed by atoms with Gasteiger partial charge in [0.25, 0.3) is 5.91 Å². The van der Waals surface area contributed by atoms with Gasteiger partial charge in [-0.25, -0.2) is 4.98 Å². The van der Waals surface area contributed by atoms with E-state index in [1.165, 1.54) is 12.8 Å². The van der Waals surface area contributed by atoms with Crippen LogP contribution in [-0.4, -0.2) is 47.0 Å². The second-order valence-electron chi connectivity index (χ2n) is 7.02. The third-order valence-corrected chi connectivity index (χ3v) is 4.96. The summed E-state index contributed by atoms with van der Waals surface area (Å²) in [7, 11) is 0. The Morgan fingerprint density at radius 2 is 2.11 bits per heavy atom. The highest BCUT2D eigenvalue weighted by molar-refractivity contribution is 5.92. The number of aromatic nitrogens is 2. The fourth-order valence-electron chi connectivity index (χ4n) is 3.22. The molecule has 2 aromatic rings. The molecule has 0 spiro atoms. The molecule has 0 aliphatic carbocycles. The fourth-order valence-corrected chi connectivity index (χ4v) is 3.22. The molecule has 0 radical (unpaired) electrons. The van der Waals surface area contributed by atoms with Gasteiger partial charge in [-0.1, -0.05) is 19.1 Å². The predicted octanol–water partition coefficient (Wildman–Crippen LogP) is 1.81. The van der Waals surface area contributed by atoms with Gasteiger partial charge in [-0.3, -0.25) is 14.7 Å². The Labute approximate surface area is 159 Å². The van der Waals surface area contributed by atoms with Gasteiger partial charge in [0, 0.05) is 18.7 Å². The van der Waals surface area contributed by atoms with Crippen LogP contribution in [0.3, 0.4) is 0 Å². The summed E-state index contributed by atoms with van der Waals surface area (Å²) < 4.78 is 5.92. The van der Waals surface area contributed by atoms with Crippen LogP contribution in [-0.2, 0) is 6.54 Å². The highest BCUT2D eigenvalue weighted by Crippen LogP contribution is 2.23. The molecule has 1 aliphatic rings. The Balaban J connectivity index is 1.65. The van der Waals surface area contributed by atoms with Gasteiger partial charge in [-0.05, 0) is 44.0 Å². The first kappa shape index (κ1) is 19.3. The van der Waals surface area contributed by atoms with Gasteiger partial charge in [-0.2, -0.15) is 0 Å². The quantitative estimate of drug-likeness (QED) is 0.771. The van der Waals surface area contributed by atoms with Gasteiger partial charge in [-0.15, -0.1) is 0 Å². The maximum Gasteiger partial charge on any atom is 0.269 e. The molecule has 3 rings (SSSR count). The molecule has 0 saturated carbocycles. The van der Waals surface area contributed by atoms with Crippen molar-refractivity contribution in [2.24, 2.45) is 17.4 Å². The molecule has 2 heterocycles. The molecule has 0 bridgehead atoms. The van der Waals surface area contributed by atoms with Crippen molar-refractivity contribution >= 4 is 5.91 Å². The molecule has 7 nitrogen and oxygen atoms in total. The average molecular weight is 369 g/mol. The zero-order valence-corrected chi connectivity index (χ0v) is 15.7. The van der Waals surface area contributed by atoms with E-state index in [2.05, 4.69) is 21.8 Å². The van der Waals surface area contributed by atoms with Gasteiger partial charge < -0.3 is 16.2 Å². The Morgan fingerprint density at radius 1 is 1.33 bits per heavy atom. The molecular formula is C20H27N5O2. The second-order valence-corrected chi connectivity index (χ2v) is 7.02. The first-order chi connectivity index (χ1) is 13.1. The molecule has 1 fully saturated rings. The molecule has 7 heteroatoms. The number of hydrogen-bond donors (Lipinski definition) is 2. The van der Waals surface area contributed by atoms with Crippen molar-refractivity contribution in [2.45, 2.75) is 26.3 Å². The number of likely N-dealkylation sites (tertiary alicyclic amines) is 1. The number of nitrogens with zero attached hydrogens (tertiary/aromatic N) is 3. The molecule has 1 aromatic heterocycles. The van der Waals surface area contributed by atoms with Crippen LogP contribution in [0.4, 0.5) is 0 Å². The number of amides is 1. The molecule has 1 amide bonds. The fraction of sp³-hybridized carbons (Fsp3) is 0.450. The van der Waals surface area contributed by atoms with E-state index in [4.69, 9.17) is 16.2 Å². The lowest BCUT2D eigenvalue weighted by molar-refractivity contribution is 0.0994. The topological polar surface area (TPSA) is 107 Å². The Kier molecular flexibility index (Phi) is 6.36. The lowest BCUT2D eigenvalue weighted by atomic mass is 9.99. The van der Waals surface area contributed by atoms with Gasteiger partial charge in [0.15, 0.2) is 5.69 Å². The predicted molar refractivity (Wildman–Crippen MR) is 104 cm³/mol. The van der Waals surface area contributed by atoms with E-state index in [0.29, 0.717) is 18.0 Å². The molecular weight excluding hydrogens is 342 g/mol. The summed E-state index contributed by atoms with van der Waals surface area (Å²) in [6.07, 6.45) is 4.12. The van der Waals surface area contributed by atoms with E-state index in [1.54, 1.807) is 6.20 Å². The van der Waals surface area contributed by atoms with E-state index in [0.717, 1.165) is 36.9 Å². The van der Waals surface area contributed by atoms with Crippen LogP contribution in [0.5, 0.6) is 5.75 Å². The van der Waals surface area contributed by atoms with Crippen LogP contribution < -0.4 is 16.2 Å². The maximum absolute atomic E-state index is 11.6. The van der Waals surface area contributed by atoms with Crippen LogP contribution in [0.2, 0.25) is 0 Å². The molecule has 4 N–H and O–H groups in total. The smallest absolute Gasteiger partial charge is 0.269 e. The van der Waals surface area contributed by atoms with E-state index in [1.807, 2.05) is 24.3 Å². The summed E-state index contributed by atoms with van der Waals surface area (Å²) in [4.78, 5) is 22.6. The summed E-state index contributed by atoms with van der Waals surface area (Å²) >= 11 is 0. The van der Waals surface area contributed by atoms with Crippen molar-refractivity contribution in [1.82, 2.24) is 14.9 Å². The van der Waals surface area contributed by atoms with Crippen LogP contribution >= 0.6 is 0 Å². The Hall–Kier alpha value is -2.51. The van der Waals surface area contributed by atoms with Gasteiger partial charge >= 0.3 is 0 Å². The number of benzene rings is 1. The number of primary amides is 1. The van der Waals surface area contributed by atoms with Crippen molar-refractivity contribution in [3.63, 3.8) is 0 Å². The van der Waals surface area contributed by atoms with Gasteiger partial charge in [0.2, 0.25) is 0 Å². The number of carbonyl (C=O) groups is 1. The van der Waals surface area contributed by atoms with Crippen molar-refractivity contribution in [3.8, 4) is 17.0 Å². The minimum atomic E-state index is -0.631. The van der Waals surface area contributed by atoms with E-state index in [-0.39, 0.29) is 12.2 Å². The average Bonchev–Trinajstić information content (AvgIpc) is 2.69. The molecule has 0 atom stereocenters. The zero-order chi connectivity index (χ0) is 19.2. The molecule has 1 saturated heterocycles. The van der Waals surface area contributed by atoms with Gasteiger partial charge in [0.1, 0.15) is 12.4 Å². The minimum Gasteiger partial charge on any atom is -0.492 e. The van der Waals surface area contributed by atoms with Gasteiger partial charge in [0.05, 0.1) is 17.6 Å². The van der Waals surface area contributed by atoms with Crippen LogP contribution in [0.15, 0.2) is 30.5 Å². The summed E-state index contributed by atoms with van der Waals surface area (Å²) in [5.74, 6) is 0.965. The summed E-state index contributed by atoms with van der Waals surface area (Å²) in [6.45, 7) is 6.28. The molecule has 144 valence electrons. The number of carbonyl (C=O) groups excluding carboxylic acids is 1. The maximum atomic E-state index is 11.6. The first-order valence-electron chi connectivity index (χ1n) is 9.38. The highest BCUT2D eigenvalue weighted by atomic mass is 16.5. The summed E-state index contributed by atoms with van der Waals surface area (Å²) in [5.41, 5.74) is 12.9. The molecule has 27 heavy (non-hydrogen) atoms. The lowest BCUT2D eigenvalue weighted by Gasteiger charge is -2.29. The third-order valence-electron chi connectivity index (χ3n) is 4.96. The lowest BCUT2D eigenvalue weighted by Crippen LogP contribution is -2.35. The number of rotatable bonds is 7. The standard InChI is InChI=1S/C20H27N5O2/c1-14-5-7-25(8-6-14)9-10-27-16-4-2-3-15(11-16)18-13-23-17(12-21)19(24-18)20(22)26/h2-4,11,13-14H,5-10,12,21H2,1H3,(H2,22,26). The van der Waals surface area contributed by atoms with Crippen molar-refractivity contribution < 1.29 is 9.53 Å². The number of nitrogens with two attached hydrogens (primary N) is 2. The SMILES string of the molecule is CC1CCN(CCOc2cccc(-c3cnc(CN)c(C(N)=O)n3)c2)CC1. The Morgan fingerprint density at radius 3 is 2.81 bits per heavy atom. The number of ether oxygens (including phenoxy) is 1. The molecule has 1 aliphatic heterocycles. The summed E-state index contributed by atoms with van der Waals surface area (Å²) in [5, 5.41) is 0. The summed E-state index contributed by atoms with van der Waals surface area (Å²) in [6, 6.07) is 7.61. The Bertz CT molecular complexity index is 788. The van der Waals surface area contributed by atoms with Crippen LogP contribution in [0, 0.1) is 5.92 Å². The highest BCUT2D eigenvalue weighted by Gasteiger charge is 2.15. The monoisotopic (exact) mass is 369 g/mol. The molecule has 1 aromatic carbocycles. The second kappa shape index (κ2) is 8.92. The minimum absolute atomic E-state index is 0.112. The van der Waals surface area contributed by atoms with E-state index in [9.17, 15) is 4.79 Å². The first-order valence-corrected chi connectivity index (χ1v) is 9.38. The molecule has 0 unspecified atom stereocenters. The van der Waals surface area contributed by atoms with Crippen LogP contribution in [0.1, 0.15) is 35.9 Å². The zero-order valence-electron chi connectivity index (χ0n) is 15.7. The van der Waals surface area contributed by atoms with Crippen molar-refractivity contribution in [2.75, 3.05) is 26.2 Å². The largest absolute Gasteiger partial charge is 0.492 e. The van der Waals surface area contributed by atoms with E-state index < -0.39 is 5.91 Å². The third kappa shape index (κ3) is 5.02. The van der Waals surface area contributed by atoms with Crippen LogP contribution in [0.25, 0.3) is 11.3 Å². The van der Waals surface area contributed by atoms with Crippen molar-refractivity contribution in [1.29, 1.82) is 0 Å².